The van der Waals surface area contributed by atoms with Gasteiger partial charge in [0.2, 0.25) is 0 Å². The molecule has 5 nitrogen and oxygen atoms in total. The van der Waals surface area contributed by atoms with E-state index in [1.807, 2.05) is 6.26 Å². The first-order valence-corrected chi connectivity index (χ1v) is 8.68. The molecule has 3 N–H and O–H groups in total. The molecule has 1 aliphatic rings. The predicted octanol–water partition coefficient (Wildman–Crippen LogP) is 2.46. The Kier molecular flexibility index (Phi) is 7.19. The van der Waals surface area contributed by atoms with Crippen LogP contribution in [0.1, 0.15) is 45.4 Å². The van der Waals surface area contributed by atoms with Gasteiger partial charge < -0.3 is 15.7 Å². The van der Waals surface area contributed by atoms with Gasteiger partial charge in [-0.05, 0) is 30.8 Å². The van der Waals surface area contributed by atoms with Crippen LogP contribution < -0.4 is 10.6 Å². The summed E-state index contributed by atoms with van der Waals surface area (Å²) in [5.74, 6) is 0.446. The molecule has 0 bridgehead atoms. The molecule has 6 heteroatoms. The molecule has 0 heterocycles. The Hall–Kier alpha value is -0.910. The third-order valence-electron chi connectivity index (χ3n) is 3.78. The van der Waals surface area contributed by atoms with Gasteiger partial charge in [-0.15, -0.1) is 0 Å². The molecule has 0 aromatic rings. The number of amides is 2. The van der Waals surface area contributed by atoms with Crippen LogP contribution in [0.4, 0.5) is 4.79 Å². The maximum atomic E-state index is 11.9. The van der Waals surface area contributed by atoms with Gasteiger partial charge in [-0.25, -0.2) is 9.59 Å². The number of hydrogen-bond acceptors (Lipinski definition) is 3. The average Bonchev–Trinajstić information content (AvgIpc) is 2.63. The fourth-order valence-electron chi connectivity index (χ4n) is 2.60. The number of carboxylic acid groups (broad SMARTS) is 1. The van der Waals surface area contributed by atoms with Crippen molar-refractivity contribution in [2.45, 2.75) is 51.0 Å². The number of nitrogens with one attached hydrogen (secondary N) is 2. The Labute approximate surface area is 125 Å². The molecule has 2 amide bonds. The van der Waals surface area contributed by atoms with Crippen LogP contribution in [0.2, 0.25) is 0 Å². The number of carboxylic acids is 1. The smallest absolute Gasteiger partial charge is 0.329 e. The quantitative estimate of drug-likeness (QED) is 0.659. The fourth-order valence-corrected chi connectivity index (χ4v) is 3.28. The molecule has 0 saturated heterocycles. The number of thioether (sulfide) groups is 1. The van der Waals surface area contributed by atoms with E-state index < -0.39 is 11.5 Å². The molecule has 0 aliphatic heterocycles. The highest BCUT2D eigenvalue weighted by molar-refractivity contribution is 7.98. The topological polar surface area (TPSA) is 78.4 Å². The SMILES string of the molecule is CSCC(C)CNC(=O)NC1(C(=O)O)CCCCCC1. The molecule has 0 radical (unpaired) electrons. The van der Waals surface area contributed by atoms with Gasteiger partial charge in [-0.1, -0.05) is 32.6 Å². The maximum absolute atomic E-state index is 11.9. The van der Waals surface area contributed by atoms with Crippen LogP contribution in [-0.4, -0.2) is 41.2 Å². The van der Waals surface area contributed by atoms with Crippen LogP contribution >= 0.6 is 11.8 Å². The largest absolute Gasteiger partial charge is 0.480 e. The second-order valence-electron chi connectivity index (χ2n) is 5.70. The molecule has 1 unspecified atom stereocenters. The van der Waals surface area contributed by atoms with E-state index in [2.05, 4.69) is 17.6 Å². The molecule has 1 fully saturated rings. The summed E-state index contributed by atoms with van der Waals surface area (Å²) in [6, 6.07) is -0.359. The molecule has 0 aromatic carbocycles. The van der Waals surface area contributed by atoms with Crippen LogP contribution in [0.25, 0.3) is 0 Å². The van der Waals surface area contributed by atoms with Crippen LogP contribution in [0.3, 0.4) is 0 Å². The summed E-state index contributed by atoms with van der Waals surface area (Å²) in [4.78, 5) is 23.5. The van der Waals surface area contributed by atoms with Gasteiger partial charge in [-0.3, -0.25) is 0 Å². The summed E-state index contributed by atoms with van der Waals surface area (Å²) in [5, 5.41) is 15.0. The van der Waals surface area contributed by atoms with Gasteiger partial charge in [0, 0.05) is 6.54 Å². The van der Waals surface area contributed by atoms with Crippen LogP contribution in [0.5, 0.6) is 0 Å². The number of hydrogen-bond donors (Lipinski definition) is 3. The zero-order valence-corrected chi connectivity index (χ0v) is 13.2. The minimum absolute atomic E-state index is 0.359. The zero-order chi connectivity index (χ0) is 15.0. The minimum atomic E-state index is -1.08. The Bertz CT molecular complexity index is 328. The maximum Gasteiger partial charge on any atom is 0.329 e. The van der Waals surface area contributed by atoms with Crippen molar-refractivity contribution in [2.24, 2.45) is 5.92 Å². The molecule has 0 aromatic heterocycles. The summed E-state index contributed by atoms with van der Waals surface area (Å²) in [6.07, 6.45) is 6.88. The van der Waals surface area contributed by atoms with Gasteiger partial charge in [0.25, 0.3) is 0 Å². The molecule has 1 rings (SSSR count). The van der Waals surface area contributed by atoms with Gasteiger partial charge >= 0.3 is 12.0 Å². The van der Waals surface area contributed by atoms with E-state index in [-0.39, 0.29) is 6.03 Å². The number of urea groups is 1. The van der Waals surface area contributed by atoms with E-state index in [1.165, 1.54) is 0 Å². The first-order chi connectivity index (χ1) is 9.50. The predicted molar refractivity (Wildman–Crippen MR) is 82.1 cm³/mol. The summed E-state index contributed by atoms with van der Waals surface area (Å²) in [7, 11) is 0. The van der Waals surface area contributed by atoms with Crippen LogP contribution in [0.15, 0.2) is 0 Å². The van der Waals surface area contributed by atoms with Crippen molar-refractivity contribution in [2.75, 3.05) is 18.6 Å². The van der Waals surface area contributed by atoms with Gasteiger partial charge in [-0.2, -0.15) is 11.8 Å². The number of carbonyl (C=O) groups is 2. The Morgan fingerprint density at radius 2 is 1.85 bits per heavy atom. The lowest BCUT2D eigenvalue weighted by Crippen LogP contribution is -2.57. The molecular formula is C14H26N2O3S. The second-order valence-corrected chi connectivity index (χ2v) is 6.61. The van der Waals surface area contributed by atoms with Crippen molar-refractivity contribution < 1.29 is 14.7 Å². The Morgan fingerprint density at radius 1 is 1.25 bits per heavy atom. The number of aliphatic carboxylic acids is 1. The summed E-state index contributed by atoms with van der Waals surface area (Å²) in [6.45, 7) is 2.64. The zero-order valence-electron chi connectivity index (χ0n) is 12.4. The van der Waals surface area contributed by atoms with Gasteiger partial charge in [0.1, 0.15) is 5.54 Å². The van der Waals surface area contributed by atoms with Crippen LogP contribution in [-0.2, 0) is 4.79 Å². The minimum Gasteiger partial charge on any atom is -0.480 e. The number of rotatable bonds is 6. The Balaban J connectivity index is 2.52. The van der Waals surface area contributed by atoms with Crippen molar-refractivity contribution in [3.8, 4) is 0 Å². The Morgan fingerprint density at radius 3 is 2.35 bits per heavy atom. The molecule has 0 spiro atoms. The second kappa shape index (κ2) is 8.39. The van der Waals surface area contributed by atoms with E-state index in [0.717, 1.165) is 31.4 Å². The highest BCUT2D eigenvalue weighted by atomic mass is 32.2. The summed E-state index contributed by atoms with van der Waals surface area (Å²) in [5.41, 5.74) is -1.08. The van der Waals surface area contributed by atoms with Crippen molar-refractivity contribution >= 4 is 23.8 Å². The summed E-state index contributed by atoms with van der Waals surface area (Å²) < 4.78 is 0. The van der Waals surface area contributed by atoms with E-state index in [4.69, 9.17) is 0 Å². The molecular weight excluding hydrogens is 276 g/mol. The fraction of sp³-hybridized carbons (Fsp3) is 0.857. The first kappa shape index (κ1) is 17.1. The third-order valence-corrected chi connectivity index (χ3v) is 4.68. The molecule has 1 atom stereocenters. The average molecular weight is 302 g/mol. The lowest BCUT2D eigenvalue weighted by atomic mass is 9.90. The molecule has 116 valence electrons. The number of carbonyl (C=O) groups excluding carboxylic acids is 1. The van der Waals surface area contributed by atoms with Crippen molar-refractivity contribution in [3.05, 3.63) is 0 Å². The normalized spacial score (nSPS) is 19.7. The van der Waals surface area contributed by atoms with Crippen molar-refractivity contribution in [3.63, 3.8) is 0 Å². The van der Waals surface area contributed by atoms with Crippen LogP contribution in [0, 0.1) is 5.92 Å². The summed E-state index contributed by atoms with van der Waals surface area (Å²) >= 11 is 1.74. The van der Waals surface area contributed by atoms with E-state index in [9.17, 15) is 14.7 Å². The highest BCUT2D eigenvalue weighted by Gasteiger charge is 2.40. The lowest BCUT2D eigenvalue weighted by Gasteiger charge is -2.29. The van der Waals surface area contributed by atoms with Crippen molar-refractivity contribution in [1.82, 2.24) is 10.6 Å². The third kappa shape index (κ3) is 5.23. The van der Waals surface area contributed by atoms with Gasteiger partial charge in [0.15, 0.2) is 0 Å². The lowest BCUT2D eigenvalue weighted by molar-refractivity contribution is -0.145. The van der Waals surface area contributed by atoms with Gasteiger partial charge in [0.05, 0.1) is 0 Å². The highest BCUT2D eigenvalue weighted by Crippen LogP contribution is 2.27. The van der Waals surface area contributed by atoms with Crippen molar-refractivity contribution in [1.29, 1.82) is 0 Å². The first-order valence-electron chi connectivity index (χ1n) is 7.28. The standard InChI is InChI=1S/C14H26N2O3S/c1-11(10-20-2)9-15-13(19)16-14(12(17)18)7-5-3-4-6-8-14/h11H,3-10H2,1-2H3,(H,17,18)(H2,15,16,19). The molecule has 1 aliphatic carbocycles. The van der Waals surface area contributed by atoms with E-state index >= 15 is 0 Å². The monoisotopic (exact) mass is 302 g/mol. The van der Waals surface area contributed by atoms with E-state index in [1.54, 1.807) is 11.8 Å². The molecule has 20 heavy (non-hydrogen) atoms. The van der Waals surface area contributed by atoms with E-state index in [0.29, 0.717) is 25.3 Å². The molecule has 1 saturated carbocycles.